The van der Waals surface area contributed by atoms with Crippen LogP contribution in [0.25, 0.3) is 0 Å². The predicted octanol–water partition coefficient (Wildman–Crippen LogP) is 6.06. The van der Waals surface area contributed by atoms with Gasteiger partial charge in [-0.15, -0.1) is 23.1 Å². The summed E-state index contributed by atoms with van der Waals surface area (Å²) in [5.74, 6) is 0.467. The van der Waals surface area contributed by atoms with E-state index in [0.717, 1.165) is 0 Å². The van der Waals surface area contributed by atoms with Gasteiger partial charge in [0.25, 0.3) is 0 Å². The van der Waals surface area contributed by atoms with Crippen molar-refractivity contribution < 1.29 is 0 Å². The van der Waals surface area contributed by atoms with Gasteiger partial charge in [0.2, 0.25) is 0 Å². The molecule has 2 heterocycles. The highest BCUT2D eigenvalue weighted by Crippen LogP contribution is 2.66. The lowest BCUT2D eigenvalue weighted by Crippen LogP contribution is -2.33. The van der Waals surface area contributed by atoms with Crippen molar-refractivity contribution in [2.24, 2.45) is 5.92 Å². The Bertz CT molecular complexity index is 888. The molecular formula is C22H19NS2. The second-order valence-electron chi connectivity index (χ2n) is 6.59. The molecule has 1 N–H and O–H groups in total. The van der Waals surface area contributed by atoms with E-state index in [-0.39, 0.29) is 5.41 Å². The summed E-state index contributed by atoms with van der Waals surface area (Å²) in [6, 6.07) is 24.5. The van der Waals surface area contributed by atoms with Crippen molar-refractivity contribution in [3.05, 3.63) is 99.8 Å². The molecule has 2 unspecified atom stereocenters. The third-order valence-corrected chi connectivity index (χ3v) is 8.01. The number of thioether (sulfide) groups is 1. The Kier molecular flexibility index (Phi) is 3.54. The highest BCUT2D eigenvalue weighted by atomic mass is 32.2. The molecule has 0 amide bonds. The maximum Gasteiger partial charge on any atom is 0.0886 e. The number of thiophene rings is 1. The average Bonchev–Trinajstić information content (AvgIpc) is 3.35. The van der Waals surface area contributed by atoms with Gasteiger partial charge in [-0.25, -0.2) is 0 Å². The summed E-state index contributed by atoms with van der Waals surface area (Å²) in [6.45, 7) is 0. The minimum Gasteiger partial charge on any atom is -0.380 e. The van der Waals surface area contributed by atoms with Crippen LogP contribution in [0.4, 0.5) is 5.00 Å². The fourth-order valence-electron chi connectivity index (χ4n) is 4.49. The zero-order valence-corrected chi connectivity index (χ0v) is 15.6. The molecule has 5 rings (SSSR count). The van der Waals surface area contributed by atoms with Crippen LogP contribution in [0, 0.1) is 5.92 Å². The Balaban J connectivity index is 1.87. The van der Waals surface area contributed by atoms with E-state index < -0.39 is 0 Å². The minimum atomic E-state index is -0.103. The molecule has 0 spiro atoms. The number of hydrogen-bond donors (Lipinski definition) is 1. The Labute approximate surface area is 156 Å². The second-order valence-corrected chi connectivity index (χ2v) is 8.73. The van der Waals surface area contributed by atoms with Crippen LogP contribution in [0.1, 0.15) is 26.8 Å². The number of allylic oxidation sites excluding steroid dienone is 1. The fraction of sp³-hybridized carbons (Fsp3) is 0.182. The molecular weight excluding hydrogens is 342 g/mol. The Hall–Kier alpha value is -1.97. The zero-order chi connectivity index (χ0) is 16.9. The van der Waals surface area contributed by atoms with Gasteiger partial charge in [-0.2, -0.15) is 0 Å². The topological polar surface area (TPSA) is 12.0 Å². The first-order valence-electron chi connectivity index (χ1n) is 8.61. The van der Waals surface area contributed by atoms with Crippen LogP contribution >= 0.6 is 23.1 Å². The van der Waals surface area contributed by atoms with Gasteiger partial charge >= 0.3 is 0 Å². The third kappa shape index (κ3) is 2.03. The van der Waals surface area contributed by atoms with E-state index in [2.05, 4.69) is 83.5 Å². The van der Waals surface area contributed by atoms with Gasteiger partial charge in [-0.05, 0) is 28.2 Å². The lowest BCUT2D eigenvalue weighted by Gasteiger charge is -2.36. The Morgan fingerprint density at radius 3 is 2.16 bits per heavy atom. The van der Waals surface area contributed by atoms with E-state index in [0.29, 0.717) is 11.2 Å². The van der Waals surface area contributed by atoms with E-state index in [9.17, 15) is 0 Å². The lowest BCUT2D eigenvalue weighted by atomic mass is 9.65. The summed E-state index contributed by atoms with van der Waals surface area (Å²) < 4.78 is 0. The molecule has 0 saturated carbocycles. The fourth-order valence-corrected chi connectivity index (χ4v) is 7.05. The molecule has 25 heavy (non-hydrogen) atoms. The van der Waals surface area contributed by atoms with Crippen molar-refractivity contribution in [1.82, 2.24) is 0 Å². The zero-order valence-electron chi connectivity index (χ0n) is 14.0. The van der Waals surface area contributed by atoms with Gasteiger partial charge in [0, 0.05) is 17.8 Å². The Morgan fingerprint density at radius 1 is 0.920 bits per heavy atom. The number of fused-ring (bicyclic) bond motifs is 3. The second kappa shape index (κ2) is 5.79. The van der Waals surface area contributed by atoms with Gasteiger partial charge in [-0.1, -0.05) is 66.7 Å². The first-order valence-corrected chi connectivity index (χ1v) is 10.4. The SMILES string of the molecule is CNc1cc2c(s1)C1SC=CC1C2(c1ccccc1)c1ccccc1. The van der Waals surface area contributed by atoms with E-state index in [4.69, 9.17) is 0 Å². The number of hydrogen-bond acceptors (Lipinski definition) is 3. The number of nitrogens with one attached hydrogen (secondary N) is 1. The van der Waals surface area contributed by atoms with E-state index >= 15 is 0 Å². The predicted molar refractivity (Wildman–Crippen MR) is 110 cm³/mol. The molecule has 1 aromatic heterocycles. The van der Waals surface area contributed by atoms with Crippen molar-refractivity contribution in [3.63, 3.8) is 0 Å². The maximum atomic E-state index is 3.37. The van der Waals surface area contributed by atoms with Crippen molar-refractivity contribution in [2.45, 2.75) is 10.7 Å². The minimum absolute atomic E-state index is 0.103. The van der Waals surface area contributed by atoms with Crippen LogP contribution in [0.15, 0.2) is 78.2 Å². The lowest BCUT2D eigenvalue weighted by molar-refractivity contribution is 0.488. The molecule has 0 bridgehead atoms. The maximum absolute atomic E-state index is 3.37. The third-order valence-electron chi connectivity index (χ3n) is 5.49. The molecule has 0 radical (unpaired) electrons. The van der Waals surface area contributed by atoms with Gasteiger partial charge < -0.3 is 5.32 Å². The first kappa shape index (κ1) is 15.3. The molecule has 0 saturated heterocycles. The molecule has 3 aromatic rings. The molecule has 1 nitrogen and oxygen atoms in total. The van der Waals surface area contributed by atoms with Crippen LogP contribution in [0.5, 0.6) is 0 Å². The normalized spacial score (nSPS) is 22.6. The number of rotatable bonds is 3. The first-order chi connectivity index (χ1) is 12.4. The summed E-state index contributed by atoms with van der Waals surface area (Å²) in [5.41, 5.74) is 4.16. The highest BCUT2D eigenvalue weighted by molar-refractivity contribution is 8.02. The Morgan fingerprint density at radius 2 is 1.56 bits per heavy atom. The highest BCUT2D eigenvalue weighted by Gasteiger charge is 2.55. The largest absolute Gasteiger partial charge is 0.380 e. The van der Waals surface area contributed by atoms with E-state index in [1.165, 1.54) is 26.6 Å². The van der Waals surface area contributed by atoms with Gasteiger partial charge in [0.1, 0.15) is 0 Å². The molecule has 3 heteroatoms. The molecule has 0 fully saturated rings. The van der Waals surface area contributed by atoms with Gasteiger partial charge in [0.05, 0.1) is 15.7 Å². The monoisotopic (exact) mass is 361 g/mol. The summed E-state index contributed by atoms with van der Waals surface area (Å²) in [7, 11) is 2.02. The smallest absolute Gasteiger partial charge is 0.0886 e. The summed E-state index contributed by atoms with van der Waals surface area (Å²) in [5, 5.41) is 7.44. The van der Waals surface area contributed by atoms with Gasteiger partial charge in [0.15, 0.2) is 0 Å². The molecule has 1 aliphatic carbocycles. The molecule has 124 valence electrons. The van der Waals surface area contributed by atoms with Gasteiger partial charge in [-0.3, -0.25) is 0 Å². The van der Waals surface area contributed by atoms with Crippen molar-refractivity contribution in [1.29, 1.82) is 0 Å². The number of anilines is 1. The number of benzene rings is 2. The molecule has 2 aromatic carbocycles. The van der Waals surface area contributed by atoms with Crippen molar-refractivity contribution in [2.75, 3.05) is 12.4 Å². The molecule has 2 atom stereocenters. The van der Waals surface area contributed by atoms with Crippen molar-refractivity contribution >= 4 is 28.1 Å². The molecule has 2 aliphatic rings. The summed E-state index contributed by atoms with van der Waals surface area (Å²) in [4.78, 5) is 1.53. The summed E-state index contributed by atoms with van der Waals surface area (Å²) in [6.07, 6.45) is 2.43. The van der Waals surface area contributed by atoms with Crippen LogP contribution in [-0.4, -0.2) is 7.05 Å². The van der Waals surface area contributed by atoms with Crippen LogP contribution in [0.3, 0.4) is 0 Å². The van der Waals surface area contributed by atoms with Crippen LogP contribution in [0.2, 0.25) is 0 Å². The van der Waals surface area contributed by atoms with Crippen molar-refractivity contribution in [3.8, 4) is 0 Å². The van der Waals surface area contributed by atoms with Crippen LogP contribution < -0.4 is 5.32 Å². The quantitative estimate of drug-likeness (QED) is 0.609. The average molecular weight is 362 g/mol. The summed E-state index contributed by atoms with van der Waals surface area (Å²) >= 11 is 3.89. The van der Waals surface area contributed by atoms with E-state index in [1.54, 1.807) is 0 Å². The van der Waals surface area contributed by atoms with Crippen LogP contribution in [-0.2, 0) is 5.41 Å². The standard InChI is InChI=1S/C22H19NS2/c1-23-19-14-18-21(25-19)20-17(12-13-24-20)22(18,15-8-4-2-5-9-15)16-10-6-3-7-11-16/h2-14,17,20,23H,1H3. The molecule has 1 aliphatic heterocycles. The van der Waals surface area contributed by atoms with E-state index in [1.807, 2.05) is 30.1 Å².